The summed E-state index contributed by atoms with van der Waals surface area (Å²) in [5, 5.41) is 3.51. The summed E-state index contributed by atoms with van der Waals surface area (Å²) in [5.41, 5.74) is 2.92. The summed E-state index contributed by atoms with van der Waals surface area (Å²) in [7, 11) is 0. The molecule has 152 valence electrons. The molecule has 0 saturated heterocycles. The van der Waals surface area contributed by atoms with Crippen LogP contribution in [-0.2, 0) is 11.3 Å². The van der Waals surface area contributed by atoms with Crippen LogP contribution in [0.1, 0.15) is 37.3 Å². The number of para-hydroxylation sites is 1. The Bertz CT molecular complexity index is 905. The smallest absolute Gasteiger partial charge is 0.250 e. The van der Waals surface area contributed by atoms with Gasteiger partial charge < -0.3 is 15.0 Å². The summed E-state index contributed by atoms with van der Waals surface area (Å²) in [5.74, 6) is 0.695. The van der Waals surface area contributed by atoms with Crippen molar-refractivity contribution in [2.45, 2.75) is 44.9 Å². The average Bonchev–Trinajstić information content (AvgIpc) is 3.12. The maximum atomic E-state index is 13.3. The monoisotopic (exact) mass is 394 g/mol. The SMILES string of the molecule is CCN(CC)C(=O)C1=CC(NCc2ccc(F)cc2)CC2Oc3ccccc3C12. The number of likely N-dealkylation sites (N-methyl/N-ethyl adjacent to an activating group) is 1. The first-order chi connectivity index (χ1) is 14.1. The quantitative estimate of drug-likeness (QED) is 0.804. The Balaban J connectivity index is 1.60. The van der Waals surface area contributed by atoms with Crippen molar-refractivity contribution >= 4 is 5.91 Å². The Hall–Kier alpha value is -2.66. The van der Waals surface area contributed by atoms with Crippen LogP contribution in [0.25, 0.3) is 0 Å². The molecule has 1 heterocycles. The lowest BCUT2D eigenvalue weighted by Crippen LogP contribution is -2.42. The second-order valence-electron chi connectivity index (χ2n) is 7.62. The highest BCUT2D eigenvalue weighted by atomic mass is 19.1. The Kier molecular flexibility index (Phi) is 5.67. The highest BCUT2D eigenvalue weighted by Crippen LogP contribution is 2.46. The average molecular weight is 394 g/mol. The molecular weight excluding hydrogens is 367 g/mol. The van der Waals surface area contributed by atoms with Crippen LogP contribution < -0.4 is 10.1 Å². The first-order valence-electron chi connectivity index (χ1n) is 10.3. The van der Waals surface area contributed by atoms with Crippen molar-refractivity contribution in [1.82, 2.24) is 10.2 Å². The van der Waals surface area contributed by atoms with Gasteiger partial charge in [-0.05, 0) is 37.6 Å². The minimum atomic E-state index is -0.238. The number of amides is 1. The second kappa shape index (κ2) is 8.37. The van der Waals surface area contributed by atoms with Crippen LogP contribution in [0.15, 0.2) is 60.2 Å². The van der Waals surface area contributed by atoms with Gasteiger partial charge in [-0.1, -0.05) is 36.4 Å². The summed E-state index contributed by atoms with van der Waals surface area (Å²) in [6.07, 6.45) is 2.81. The number of ether oxygens (including phenoxy) is 1. The zero-order valence-electron chi connectivity index (χ0n) is 16.9. The molecule has 4 rings (SSSR count). The zero-order chi connectivity index (χ0) is 20.4. The van der Waals surface area contributed by atoms with Crippen molar-refractivity contribution in [1.29, 1.82) is 0 Å². The number of hydrogen-bond acceptors (Lipinski definition) is 3. The highest BCUT2D eigenvalue weighted by molar-refractivity contribution is 5.96. The molecular formula is C24H27FN2O2. The molecule has 2 aromatic carbocycles. The van der Waals surface area contributed by atoms with Gasteiger partial charge in [-0.2, -0.15) is 0 Å². The molecule has 1 aliphatic carbocycles. The standard InChI is InChI=1S/C24H27FN2O2/c1-3-27(4-2)24(28)20-13-18(26-15-16-9-11-17(25)12-10-16)14-22-23(20)19-7-5-6-8-21(19)29-22/h5-13,18,22-23,26H,3-4,14-15H2,1-2H3. The number of rotatable bonds is 6. The summed E-state index contributed by atoms with van der Waals surface area (Å²) < 4.78 is 19.4. The van der Waals surface area contributed by atoms with Crippen LogP contribution in [-0.4, -0.2) is 36.0 Å². The van der Waals surface area contributed by atoms with Gasteiger partial charge >= 0.3 is 0 Å². The van der Waals surface area contributed by atoms with Gasteiger partial charge in [0, 0.05) is 43.2 Å². The summed E-state index contributed by atoms with van der Waals surface area (Å²) in [6, 6.07) is 14.5. The molecule has 3 unspecified atom stereocenters. The van der Waals surface area contributed by atoms with Gasteiger partial charge in [-0.3, -0.25) is 4.79 Å². The minimum absolute atomic E-state index is 0.0186. The van der Waals surface area contributed by atoms with E-state index in [1.165, 1.54) is 12.1 Å². The third-order valence-electron chi connectivity index (χ3n) is 5.89. The number of carbonyl (C=O) groups is 1. The van der Waals surface area contributed by atoms with E-state index in [9.17, 15) is 9.18 Å². The van der Waals surface area contributed by atoms with Gasteiger partial charge in [0.15, 0.2) is 0 Å². The number of hydrogen-bond donors (Lipinski definition) is 1. The van der Waals surface area contributed by atoms with E-state index in [0.29, 0.717) is 19.6 Å². The van der Waals surface area contributed by atoms with E-state index in [-0.39, 0.29) is 29.8 Å². The molecule has 0 bridgehead atoms. The predicted octanol–water partition coefficient (Wildman–Crippen LogP) is 4.03. The van der Waals surface area contributed by atoms with Crippen LogP contribution in [0.5, 0.6) is 5.75 Å². The first-order valence-corrected chi connectivity index (χ1v) is 10.3. The number of nitrogens with zero attached hydrogens (tertiary/aromatic N) is 1. The number of nitrogens with one attached hydrogen (secondary N) is 1. The Morgan fingerprint density at radius 1 is 1.14 bits per heavy atom. The van der Waals surface area contributed by atoms with Gasteiger partial charge in [-0.25, -0.2) is 4.39 Å². The van der Waals surface area contributed by atoms with Gasteiger partial charge in [0.25, 0.3) is 0 Å². The third kappa shape index (κ3) is 3.92. The topological polar surface area (TPSA) is 41.6 Å². The van der Waals surface area contributed by atoms with E-state index in [2.05, 4.69) is 17.5 Å². The molecule has 4 nitrogen and oxygen atoms in total. The van der Waals surface area contributed by atoms with Crippen molar-refractivity contribution < 1.29 is 13.9 Å². The molecule has 0 aromatic heterocycles. The molecule has 1 N–H and O–H groups in total. The maximum Gasteiger partial charge on any atom is 0.250 e. The van der Waals surface area contributed by atoms with E-state index in [1.54, 1.807) is 12.1 Å². The van der Waals surface area contributed by atoms with Crippen LogP contribution in [0.2, 0.25) is 0 Å². The fourth-order valence-electron chi connectivity index (χ4n) is 4.36. The van der Waals surface area contributed by atoms with E-state index in [0.717, 1.165) is 28.9 Å². The number of fused-ring (bicyclic) bond motifs is 3. The Morgan fingerprint density at radius 2 is 1.86 bits per heavy atom. The minimum Gasteiger partial charge on any atom is -0.489 e. The number of carbonyl (C=O) groups excluding carboxylic acids is 1. The molecule has 5 heteroatoms. The van der Waals surface area contributed by atoms with Crippen LogP contribution in [0, 0.1) is 5.82 Å². The lowest BCUT2D eigenvalue weighted by Gasteiger charge is -2.33. The molecule has 3 atom stereocenters. The normalized spacial score (nSPS) is 22.3. The lowest BCUT2D eigenvalue weighted by atomic mass is 9.79. The first kappa shape index (κ1) is 19.6. The van der Waals surface area contributed by atoms with Crippen LogP contribution >= 0.6 is 0 Å². The fourth-order valence-corrected chi connectivity index (χ4v) is 4.36. The largest absolute Gasteiger partial charge is 0.489 e. The van der Waals surface area contributed by atoms with Crippen molar-refractivity contribution in [2.24, 2.45) is 0 Å². The molecule has 1 aliphatic heterocycles. The Labute approximate surface area is 171 Å². The lowest BCUT2D eigenvalue weighted by molar-refractivity contribution is -0.127. The number of benzene rings is 2. The van der Waals surface area contributed by atoms with Crippen molar-refractivity contribution in [3.63, 3.8) is 0 Å². The molecule has 2 aromatic rings. The van der Waals surface area contributed by atoms with Crippen LogP contribution in [0.4, 0.5) is 4.39 Å². The molecule has 29 heavy (non-hydrogen) atoms. The summed E-state index contributed by atoms with van der Waals surface area (Å²) >= 11 is 0. The van der Waals surface area contributed by atoms with Gasteiger partial charge in [0.2, 0.25) is 5.91 Å². The molecule has 2 aliphatic rings. The maximum absolute atomic E-state index is 13.3. The van der Waals surface area contributed by atoms with E-state index >= 15 is 0 Å². The number of halogens is 1. The second-order valence-corrected chi connectivity index (χ2v) is 7.62. The highest BCUT2D eigenvalue weighted by Gasteiger charge is 2.43. The van der Waals surface area contributed by atoms with Gasteiger partial charge in [-0.15, -0.1) is 0 Å². The molecule has 0 saturated carbocycles. The van der Waals surface area contributed by atoms with Crippen molar-refractivity contribution in [3.05, 3.63) is 77.1 Å². The van der Waals surface area contributed by atoms with Crippen LogP contribution in [0.3, 0.4) is 0 Å². The van der Waals surface area contributed by atoms with Crippen molar-refractivity contribution in [2.75, 3.05) is 13.1 Å². The van der Waals surface area contributed by atoms with E-state index in [4.69, 9.17) is 4.74 Å². The molecule has 0 fully saturated rings. The van der Waals surface area contributed by atoms with Crippen molar-refractivity contribution in [3.8, 4) is 5.75 Å². The fraction of sp³-hybridized carbons (Fsp3) is 0.375. The Morgan fingerprint density at radius 3 is 2.59 bits per heavy atom. The summed E-state index contributed by atoms with van der Waals surface area (Å²) in [6.45, 7) is 5.98. The van der Waals surface area contributed by atoms with Gasteiger partial charge in [0.05, 0.1) is 5.92 Å². The van der Waals surface area contributed by atoms with E-state index in [1.807, 2.05) is 36.9 Å². The third-order valence-corrected chi connectivity index (χ3v) is 5.89. The van der Waals surface area contributed by atoms with Gasteiger partial charge in [0.1, 0.15) is 17.7 Å². The predicted molar refractivity (Wildman–Crippen MR) is 111 cm³/mol. The van der Waals surface area contributed by atoms with E-state index < -0.39 is 0 Å². The molecule has 0 spiro atoms. The summed E-state index contributed by atoms with van der Waals surface area (Å²) in [4.78, 5) is 15.2. The molecule has 0 radical (unpaired) electrons. The zero-order valence-corrected chi connectivity index (χ0v) is 16.9. The molecule has 1 amide bonds.